The third kappa shape index (κ3) is 6.18. The third-order valence-electron chi connectivity index (χ3n) is 3.62. The van der Waals surface area contributed by atoms with Crippen molar-refractivity contribution in [2.75, 3.05) is 18.5 Å². The largest absolute Gasteiger partial charge is 0.452 e. The predicted molar refractivity (Wildman–Crippen MR) is 103 cm³/mol. The number of halogens is 4. The Morgan fingerprint density at radius 2 is 1.83 bits per heavy atom. The lowest BCUT2D eigenvalue weighted by atomic mass is 10.2. The van der Waals surface area contributed by atoms with Gasteiger partial charge in [0.05, 0.1) is 26.7 Å². The van der Waals surface area contributed by atoms with Gasteiger partial charge >= 0.3 is 12.1 Å². The van der Waals surface area contributed by atoms with Crippen molar-refractivity contribution in [3.05, 3.63) is 58.6 Å². The minimum atomic E-state index is -4.63. The number of nitrogens with one attached hydrogen (secondary N) is 2. The second kappa shape index (κ2) is 9.45. The Hall–Kier alpha value is -2.63. The minimum Gasteiger partial charge on any atom is -0.452 e. The number of benzene rings is 2. The number of esters is 1. The highest BCUT2D eigenvalue weighted by Gasteiger charge is 2.31. The molecule has 0 aliphatic carbocycles. The quantitative estimate of drug-likeness (QED) is 0.611. The first-order chi connectivity index (χ1) is 13.9. The van der Waals surface area contributed by atoms with E-state index < -0.39 is 40.2 Å². The van der Waals surface area contributed by atoms with E-state index in [1.54, 1.807) is 6.92 Å². The molecular weight excluding hydrogens is 449 g/mol. The number of alkyl halides is 3. The first kappa shape index (κ1) is 23.6. The molecule has 0 bridgehead atoms. The van der Waals surface area contributed by atoms with Crippen LogP contribution in [0.4, 0.5) is 18.9 Å². The summed E-state index contributed by atoms with van der Waals surface area (Å²) >= 11 is 5.78. The summed E-state index contributed by atoms with van der Waals surface area (Å²) in [5.41, 5.74) is -1.44. The van der Waals surface area contributed by atoms with Gasteiger partial charge in [-0.25, -0.2) is 17.9 Å². The topological polar surface area (TPSA) is 102 Å². The van der Waals surface area contributed by atoms with Gasteiger partial charge in [-0.05, 0) is 36.4 Å². The number of hydrogen-bond acceptors (Lipinski definition) is 5. The van der Waals surface area contributed by atoms with E-state index in [4.69, 9.17) is 16.3 Å². The van der Waals surface area contributed by atoms with Crippen LogP contribution in [0.2, 0.25) is 5.02 Å². The van der Waals surface area contributed by atoms with Crippen molar-refractivity contribution in [1.82, 2.24) is 4.72 Å². The van der Waals surface area contributed by atoms with Crippen molar-refractivity contribution in [3.63, 3.8) is 0 Å². The third-order valence-corrected chi connectivity index (χ3v) is 5.49. The van der Waals surface area contributed by atoms with Crippen LogP contribution in [0.5, 0.6) is 0 Å². The smallest absolute Gasteiger partial charge is 0.416 e. The predicted octanol–water partition coefficient (Wildman–Crippen LogP) is 3.45. The number of carbonyl (C=O) groups is 2. The van der Waals surface area contributed by atoms with Crippen LogP contribution in [0.3, 0.4) is 0 Å². The number of sulfonamides is 1. The van der Waals surface area contributed by atoms with Gasteiger partial charge in [-0.2, -0.15) is 13.2 Å². The van der Waals surface area contributed by atoms with Crippen LogP contribution in [-0.4, -0.2) is 33.4 Å². The number of ether oxygens (including phenoxy) is 1. The fraction of sp³-hybridized carbons (Fsp3) is 0.222. The van der Waals surface area contributed by atoms with Crippen molar-refractivity contribution in [3.8, 4) is 0 Å². The van der Waals surface area contributed by atoms with Gasteiger partial charge in [-0.3, -0.25) is 4.79 Å². The molecule has 0 saturated carbocycles. The Morgan fingerprint density at radius 3 is 2.47 bits per heavy atom. The van der Waals surface area contributed by atoms with E-state index in [1.807, 2.05) is 0 Å². The van der Waals surface area contributed by atoms with Gasteiger partial charge < -0.3 is 10.1 Å². The summed E-state index contributed by atoms with van der Waals surface area (Å²) in [6, 6.07) is 7.34. The van der Waals surface area contributed by atoms with E-state index in [0.717, 1.165) is 18.2 Å². The molecule has 0 unspecified atom stereocenters. The normalized spacial score (nSPS) is 11.8. The van der Waals surface area contributed by atoms with E-state index in [0.29, 0.717) is 6.07 Å². The number of hydrogen-bond donors (Lipinski definition) is 2. The fourth-order valence-electron chi connectivity index (χ4n) is 2.26. The van der Waals surface area contributed by atoms with Gasteiger partial charge in [-0.1, -0.05) is 24.6 Å². The lowest BCUT2D eigenvalue weighted by molar-refractivity contribution is -0.137. The molecule has 2 aromatic rings. The molecule has 162 valence electrons. The molecule has 0 aliphatic rings. The van der Waals surface area contributed by atoms with Gasteiger partial charge in [0, 0.05) is 6.54 Å². The Labute approximate surface area is 175 Å². The maximum absolute atomic E-state index is 12.8. The summed E-state index contributed by atoms with van der Waals surface area (Å²) in [5, 5.41) is 1.99. The summed E-state index contributed by atoms with van der Waals surface area (Å²) in [4.78, 5) is 23.9. The molecule has 12 heteroatoms. The first-order valence-corrected chi connectivity index (χ1v) is 10.2. The average Bonchev–Trinajstić information content (AvgIpc) is 2.67. The monoisotopic (exact) mass is 464 g/mol. The van der Waals surface area contributed by atoms with E-state index in [1.165, 1.54) is 18.2 Å². The lowest BCUT2D eigenvalue weighted by Crippen LogP contribution is -2.24. The van der Waals surface area contributed by atoms with Crippen molar-refractivity contribution in [2.24, 2.45) is 0 Å². The molecule has 0 fully saturated rings. The molecule has 0 radical (unpaired) electrons. The maximum atomic E-state index is 12.8. The molecular formula is C18H16ClF3N2O5S. The highest BCUT2D eigenvalue weighted by molar-refractivity contribution is 7.89. The highest BCUT2D eigenvalue weighted by Crippen LogP contribution is 2.33. The Bertz CT molecular complexity index is 1060. The van der Waals surface area contributed by atoms with Crippen molar-refractivity contribution >= 4 is 39.2 Å². The van der Waals surface area contributed by atoms with Gasteiger partial charge in [0.25, 0.3) is 5.91 Å². The van der Waals surface area contributed by atoms with Crippen LogP contribution in [0.25, 0.3) is 0 Å². The number of anilines is 1. The van der Waals surface area contributed by atoms with Crippen LogP contribution in [0, 0.1) is 0 Å². The average molecular weight is 465 g/mol. The Balaban J connectivity index is 2.05. The standard InChI is InChI=1S/C18H16ClF3N2O5S/c1-2-23-30(27,28)13-5-3-4-11(8-13)17(26)29-10-16(25)24-15-9-12(18(20,21)22)6-7-14(15)19/h3-9,23H,2,10H2,1H3,(H,24,25). The first-order valence-electron chi connectivity index (χ1n) is 8.37. The van der Waals surface area contributed by atoms with E-state index in [2.05, 4.69) is 10.0 Å². The van der Waals surface area contributed by atoms with Crippen molar-refractivity contribution in [2.45, 2.75) is 18.0 Å². The lowest BCUT2D eigenvalue weighted by Gasteiger charge is -2.12. The summed E-state index contributed by atoms with van der Waals surface area (Å²) in [6.07, 6.45) is -4.63. The Morgan fingerprint density at radius 1 is 1.13 bits per heavy atom. The van der Waals surface area contributed by atoms with Gasteiger partial charge in [0.1, 0.15) is 0 Å². The summed E-state index contributed by atoms with van der Waals surface area (Å²) in [7, 11) is -3.80. The number of carbonyl (C=O) groups excluding carboxylic acids is 2. The molecule has 7 nitrogen and oxygen atoms in total. The second-order valence-corrected chi connectivity index (χ2v) is 8.02. The van der Waals surface area contributed by atoms with Crippen LogP contribution in [-0.2, 0) is 25.7 Å². The number of amides is 1. The van der Waals surface area contributed by atoms with Crippen molar-refractivity contribution < 1.29 is 35.9 Å². The second-order valence-electron chi connectivity index (χ2n) is 5.85. The van der Waals surface area contributed by atoms with Crippen LogP contribution < -0.4 is 10.0 Å². The summed E-state index contributed by atoms with van der Waals surface area (Å²) in [5.74, 6) is -1.92. The van der Waals surface area contributed by atoms with Gasteiger partial charge in [-0.15, -0.1) is 0 Å². The van der Waals surface area contributed by atoms with E-state index in [-0.39, 0.29) is 27.7 Å². The van der Waals surface area contributed by atoms with Crippen LogP contribution in [0.1, 0.15) is 22.8 Å². The SMILES string of the molecule is CCNS(=O)(=O)c1cccc(C(=O)OCC(=O)Nc2cc(C(F)(F)F)ccc2Cl)c1. The zero-order valence-corrected chi connectivity index (χ0v) is 17.0. The Kier molecular flexibility index (Phi) is 7.45. The van der Waals surface area contributed by atoms with Crippen LogP contribution >= 0.6 is 11.6 Å². The maximum Gasteiger partial charge on any atom is 0.416 e. The molecule has 0 aromatic heterocycles. The molecule has 2 aromatic carbocycles. The number of rotatable bonds is 7. The molecule has 1 amide bonds. The van der Waals surface area contributed by atoms with Crippen molar-refractivity contribution in [1.29, 1.82) is 0 Å². The van der Waals surface area contributed by atoms with E-state index in [9.17, 15) is 31.2 Å². The molecule has 0 heterocycles. The minimum absolute atomic E-state index is 0.126. The molecule has 0 saturated heterocycles. The summed E-state index contributed by atoms with van der Waals surface area (Å²) < 4.78 is 69.3. The molecule has 0 spiro atoms. The van der Waals surface area contributed by atoms with Crippen LogP contribution in [0.15, 0.2) is 47.4 Å². The van der Waals surface area contributed by atoms with Gasteiger partial charge in [0.2, 0.25) is 10.0 Å². The van der Waals surface area contributed by atoms with E-state index >= 15 is 0 Å². The zero-order chi connectivity index (χ0) is 22.5. The molecule has 2 N–H and O–H groups in total. The zero-order valence-electron chi connectivity index (χ0n) is 15.4. The highest BCUT2D eigenvalue weighted by atomic mass is 35.5. The fourth-order valence-corrected chi connectivity index (χ4v) is 3.51. The molecule has 0 aliphatic heterocycles. The van der Waals surface area contributed by atoms with Gasteiger partial charge in [0.15, 0.2) is 6.61 Å². The molecule has 0 atom stereocenters. The summed E-state index contributed by atoms with van der Waals surface area (Å²) in [6.45, 7) is 0.913. The molecule has 2 rings (SSSR count). The molecule has 30 heavy (non-hydrogen) atoms.